The van der Waals surface area contributed by atoms with Crippen molar-refractivity contribution in [1.82, 2.24) is 4.98 Å². The Kier molecular flexibility index (Phi) is 2.40. The molecule has 5 heteroatoms. The lowest BCUT2D eigenvalue weighted by Gasteiger charge is -1.98. The van der Waals surface area contributed by atoms with Crippen LogP contribution in [0.4, 0.5) is 11.4 Å². The maximum atomic E-state index is 12.0. The number of carbonyl (C=O) groups is 1. The van der Waals surface area contributed by atoms with Crippen LogP contribution in [0.25, 0.3) is 10.2 Å². The Morgan fingerprint density at radius 3 is 3.00 bits per heavy atom. The number of anilines is 1. The van der Waals surface area contributed by atoms with Crippen molar-refractivity contribution in [3.8, 4) is 0 Å². The number of nitrogens with one attached hydrogen (secondary N) is 1. The Morgan fingerprint density at radius 2 is 2.05 bits per heavy atom. The van der Waals surface area contributed by atoms with Gasteiger partial charge in [-0.1, -0.05) is 18.2 Å². The fourth-order valence-electron chi connectivity index (χ4n) is 2.26. The molecular weight excluding hydrogens is 270 g/mol. The Balaban J connectivity index is 1.85. The second-order valence-corrected chi connectivity index (χ2v) is 5.35. The quantitative estimate of drug-likeness (QED) is 0.742. The lowest BCUT2D eigenvalue weighted by atomic mass is 10.1. The number of fused-ring (bicyclic) bond motifs is 2. The molecule has 0 fully saturated rings. The normalized spacial score (nSPS) is 15.6. The number of amides is 1. The summed E-state index contributed by atoms with van der Waals surface area (Å²) in [6, 6.07) is 13.3. The molecule has 3 aromatic rings. The summed E-state index contributed by atoms with van der Waals surface area (Å²) in [5.41, 5.74) is 5.65. The Morgan fingerprint density at radius 1 is 1.15 bits per heavy atom. The summed E-state index contributed by atoms with van der Waals surface area (Å²) >= 11 is 1.56. The number of aliphatic imine (C=N–C) groups is 1. The van der Waals surface area contributed by atoms with Gasteiger partial charge in [0.25, 0.3) is 5.91 Å². The van der Waals surface area contributed by atoms with E-state index in [0.717, 1.165) is 27.2 Å². The van der Waals surface area contributed by atoms with Crippen LogP contribution in [0.5, 0.6) is 0 Å². The number of rotatable bonds is 1. The van der Waals surface area contributed by atoms with Crippen molar-refractivity contribution in [2.45, 2.75) is 0 Å². The van der Waals surface area contributed by atoms with Crippen molar-refractivity contribution < 1.29 is 4.79 Å². The van der Waals surface area contributed by atoms with Gasteiger partial charge in [0.15, 0.2) is 0 Å². The first kappa shape index (κ1) is 11.3. The van der Waals surface area contributed by atoms with E-state index < -0.39 is 0 Å². The van der Waals surface area contributed by atoms with Gasteiger partial charge in [-0.25, -0.2) is 9.98 Å². The first-order chi connectivity index (χ1) is 9.81. The van der Waals surface area contributed by atoms with Crippen molar-refractivity contribution >= 4 is 44.5 Å². The molecule has 1 N–H and O–H groups in total. The maximum Gasteiger partial charge on any atom is 0.275 e. The molecular formula is C15H9N3OS. The van der Waals surface area contributed by atoms with Gasteiger partial charge in [-0.05, 0) is 24.3 Å². The third kappa shape index (κ3) is 1.71. The Labute approximate surface area is 118 Å². The van der Waals surface area contributed by atoms with Crippen molar-refractivity contribution in [2.75, 3.05) is 5.32 Å². The molecule has 2 heterocycles. The van der Waals surface area contributed by atoms with Crippen LogP contribution in [0.3, 0.4) is 0 Å². The molecule has 4 rings (SSSR count). The molecule has 0 aliphatic carbocycles. The van der Waals surface area contributed by atoms with Crippen LogP contribution in [0.15, 0.2) is 53.0 Å². The van der Waals surface area contributed by atoms with Gasteiger partial charge in [-0.15, -0.1) is 11.3 Å². The highest BCUT2D eigenvalue weighted by Crippen LogP contribution is 2.28. The molecule has 0 spiro atoms. The average molecular weight is 279 g/mol. The molecule has 0 atom stereocenters. The molecule has 1 amide bonds. The summed E-state index contributed by atoms with van der Waals surface area (Å²) in [7, 11) is 0. The molecule has 1 aliphatic rings. The number of aromatic nitrogens is 1. The van der Waals surface area contributed by atoms with E-state index >= 15 is 0 Å². The van der Waals surface area contributed by atoms with Gasteiger partial charge in [0.05, 0.1) is 27.1 Å². The van der Waals surface area contributed by atoms with Crippen LogP contribution < -0.4 is 5.32 Å². The predicted octanol–water partition coefficient (Wildman–Crippen LogP) is 3.37. The molecule has 1 aliphatic heterocycles. The van der Waals surface area contributed by atoms with E-state index in [1.807, 2.05) is 42.5 Å². The second-order valence-electron chi connectivity index (χ2n) is 4.46. The predicted molar refractivity (Wildman–Crippen MR) is 80.9 cm³/mol. The molecule has 96 valence electrons. The zero-order valence-electron chi connectivity index (χ0n) is 10.3. The Hall–Kier alpha value is -2.53. The molecule has 4 nitrogen and oxygen atoms in total. The maximum absolute atomic E-state index is 12.0. The fraction of sp³-hybridized carbons (Fsp3) is 0. The molecule has 0 bridgehead atoms. The number of hydrogen-bond donors (Lipinski definition) is 1. The lowest BCUT2D eigenvalue weighted by Crippen LogP contribution is -2.13. The molecule has 20 heavy (non-hydrogen) atoms. The van der Waals surface area contributed by atoms with E-state index in [1.165, 1.54) is 0 Å². The minimum Gasteiger partial charge on any atom is -0.320 e. The highest BCUT2D eigenvalue weighted by atomic mass is 32.1. The summed E-state index contributed by atoms with van der Waals surface area (Å²) in [5, 5.41) is 2.82. The lowest BCUT2D eigenvalue weighted by molar-refractivity contribution is -0.110. The zero-order chi connectivity index (χ0) is 13.5. The Bertz CT molecular complexity index is 866. The standard InChI is InChI=1S/C15H9N3OS/c19-15-14(10-3-1-2-4-11(10)18-15)17-9-5-6-12-13(7-9)20-8-16-12/h1-8H,(H,17,18,19). The second kappa shape index (κ2) is 4.25. The van der Waals surface area contributed by atoms with Gasteiger partial charge >= 0.3 is 0 Å². The van der Waals surface area contributed by atoms with E-state index in [1.54, 1.807) is 16.8 Å². The van der Waals surface area contributed by atoms with E-state index in [2.05, 4.69) is 15.3 Å². The fourth-order valence-corrected chi connectivity index (χ4v) is 2.97. The molecule has 0 saturated carbocycles. The highest BCUT2D eigenvalue weighted by Gasteiger charge is 2.25. The van der Waals surface area contributed by atoms with Crippen LogP contribution in [0.2, 0.25) is 0 Å². The number of para-hydroxylation sites is 1. The van der Waals surface area contributed by atoms with Gasteiger partial charge < -0.3 is 5.32 Å². The third-order valence-corrected chi connectivity index (χ3v) is 3.99. The molecule has 0 saturated heterocycles. The number of carbonyl (C=O) groups excluding carboxylic acids is 1. The summed E-state index contributed by atoms with van der Waals surface area (Å²) in [4.78, 5) is 20.7. The number of hydrogen-bond acceptors (Lipinski definition) is 4. The smallest absolute Gasteiger partial charge is 0.275 e. The molecule has 0 radical (unpaired) electrons. The van der Waals surface area contributed by atoms with Gasteiger partial charge in [0.1, 0.15) is 5.71 Å². The van der Waals surface area contributed by atoms with Crippen molar-refractivity contribution in [1.29, 1.82) is 0 Å². The summed E-state index contributed by atoms with van der Waals surface area (Å²) in [5.74, 6) is -0.157. The summed E-state index contributed by atoms with van der Waals surface area (Å²) in [6.45, 7) is 0. The van der Waals surface area contributed by atoms with E-state index in [9.17, 15) is 4.79 Å². The largest absolute Gasteiger partial charge is 0.320 e. The van der Waals surface area contributed by atoms with Gasteiger partial charge in [-0.3, -0.25) is 4.79 Å². The number of benzene rings is 2. The first-order valence-corrected chi connectivity index (χ1v) is 7.02. The van der Waals surface area contributed by atoms with Crippen LogP contribution in [-0.2, 0) is 4.79 Å². The van der Waals surface area contributed by atoms with Gasteiger partial charge in [0, 0.05) is 5.56 Å². The van der Waals surface area contributed by atoms with Crippen LogP contribution >= 0.6 is 11.3 Å². The van der Waals surface area contributed by atoms with Crippen LogP contribution in [0, 0.1) is 0 Å². The summed E-state index contributed by atoms with van der Waals surface area (Å²) in [6.07, 6.45) is 0. The van der Waals surface area contributed by atoms with Crippen molar-refractivity contribution in [2.24, 2.45) is 4.99 Å². The molecule has 2 aromatic carbocycles. The van der Waals surface area contributed by atoms with Crippen molar-refractivity contribution in [3.05, 3.63) is 53.5 Å². The zero-order valence-corrected chi connectivity index (χ0v) is 11.1. The van der Waals surface area contributed by atoms with Gasteiger partial charge in [0.2, 0.25) is 0 Å². The molecule has 0 unspecified atom stereocenters. The van der Waals surface area contributed by atoms with E-state index in [-0.39, 0.29) is 5.91 Å². The van der Waals surface area contributed by atoms with Crippen LogP contribution in [-0.4, -0.2) is 16.6 Å². The monoisotopic (exact) mass is 279 g/mol. The topological polar surface area (TPSA) is 54.4 Å². The SMILES string of the molecule is O=C1Nc2ccccc2C1=Nc1ccc2ncsc2c1. The molecule has 1 aromatic heterocycles. The van der Waals surface area contributed by atoms with Gasteiger partial charge in [-0.2, -0.15) is 0 Å². The summed E-state index contributed by atoms with van der Waals surface area (Å²) < 4.78 is 1.07. The highest BCUT2D eigenvalue weighted by molar-refractivity contribution is 7.16. The third-order valence-electron chi connectivity index (χ3n) is 3.20. The number of nitrogens with zero attached hydrogens (tertiary/aromatic N) is 2. The van der Waals surface area contributed by atoms with E-state index in [0.29, 0.717) is 5.71 Å². The minimum atomic E-state index is -0.157. The van der Waals surface area contributed by atoms with Crippen LogP contribution in [0.1, 0.15) is 5.56 Å². The average Bonchev–Trinajstić information content (AvgIpc) is 3.04. The minimum absolute atomic E-state index is 0.157. The van der Waals surface area contributed by atoms with Crippen molar-refractivity contribution in [3.63, 3.8) is 0 Å². The number of thiazole rings is 1. The van der Waals surface area contributed by atoms with E-state index in [4.69, 9.17) is 0 Å². The first-order valence-electron chi connectivity index (χ1n) is 6.14.